The van der Waals surface area contributed by atoms with Crippen LogP contribution in [0.1, 0.15) is 36.1 Å². The minimum Gasteiger partial charge on any atom is -0.872 e. The first kappa shape index (κ1) is 25.7. The maximum atomic E-state index is 13.6. The Morgan fingerprint density at radius 3 is 2.50 bits per heavy atom. The van der Waals surface area contributed by atoms with Crippen molar-refractivity contribution in [1.82, 2.24) is 4.90 Å². The summed E-state index contributed by atoms with van der Waals surface area (Å²) in [6.45, 7) is 8.83. The molecule has 4 rings (SSSR count). The lowest BCUT2D eigenvalue weighted by Crippen LogP contribution is -3.14. The van der Waals surface area contributed by atoms with Gasteiger partial charge in [-0.3, -0.25) is 9.59 Å². The maximum absolute atomic E-state index is 13.6. The number of nitrogens with zero attached hydrogens (tertiary/aromatic N) is 1. The molecule has 2 saturated heterocycles. The third-order valence-corrected chi connectivity index (χ3v) is 6.78. The SMILES string of the molecule is CCOc1ccc(C2C(=C([O-])c3ccc(C)cc3)C(=O)C(=O)N2CCC[NH+]2CCOCC2)cc1OC. The zero-order valence-electron chi connectivity index (χ0n) is 21.2. The molecule has 192 valence electrons. The van der Waals surface area contributed by atoms with E-state index < -0.39 is 23.5 Å². The summed E-state index contributed by atoms with van der Waals surface area (Å²) in [7, 11) is 1.54. The van der Waals surface area contributed by atoms with Crippen molar-refractivity contribution >= 4 is 17.4 Å². The van der Waals surface area contributed by atoms with Crippen LogP contribution in [0.4, 0.5) is 0 Å². The lowest BCUT2D eigenvalue weighted by atomic mass is 9.94. The van der Waals surface area contributed by atoms with E-state index in [1.54, 1.807) is 35.2 Å². The van der Waals surface area contributed by atoms with Gasteiger partial charge in [-0.2, -0.15) is 0 Å². The zero-order chi connectivity index (χ0) is 25.7. The van der Waals surface area contributed by atoms with Crippen LogP contribution in [0.15, 0.2) is 48.0 Å². The Labute approximate surface area is 212 Å². The molecule has 0 aliphatic carbocycles. The molecule has 0 radical (unpaired) electrons. The second-order valence-corrected chi connectivity index (χ2v) is 9.15. The number of carbonyl (C=O) groups excluding carboxylic acids is 2. The first-order chi connectivity index (χ1) is 17.4. The van der Waals surface area contributed by atoms with Crippen molar-refractivity contribution in [1.29, 1.82) is 0 Å². The molecule has 8 nitrogen and oxygen atoms in total. The van der Waals surface area contributed by atoms with E-state index >= 15 is 0 Å². The number of nitrogens with one attached hydrogen (secondary N) is 1. The molecule has 0 saturated carbocycles. The highest BCUT2D eigenvalue weighted by Gasteiger charge is 2.44. The monoisotopic (exact) mass is 494 g/mol. The molecule has 2 aromatic rings. The summed E-state index contributed by atoms with van der Waals surface area (Å²) in [6, 6.07) is 11.6. The van der Waals surface area contributed by atoms with Gasteiger partial charge in [0.15, 0.2) is 11.5 Å². The molecule has 36 heavy (non-hydrogen) atoms. The fourth-order valence-electron chi connectivity index (χ4n) is 4.85. The molecule has 2 heterocycles. The van der Waals surface area contributed by atoms with Crippen molar-refractivity contribution in [3.05, 3.63) is 64.7 Å². The Morgan fingerprint density at radius 2 is 1.83 bits per heavy atom. The third-order valence-electron chi connectivity index (χ3n) is 6.78. The first-order valence-corrected chi connectivity index (χ1v) is 12.5. The number of carbonyl (C=O) groups is 2. The van der Waals surface area contributed by atoms with Crippen LogP contribution in [-0.4, -0.2) is 69.7 Å². The molecule has 1 amide bonds. The predicted molar refractivity (Wildman–Crippen MR) is 133 cm³/mol. The van der Waals surface area contributed by atoms with Gasteiger partial charge in [0.1, 0.15) is 13.1 Å². The molecule has 8 heteroatoms. The molecule has 1 unspecified atom stereocenters. The average molecular weight is 495 g/mol. The van der Waals surface area contributed by atoms with Crippen LogP contribution < -0.4 is 19.5 Å². The fourth-order valence-corrected chi connectivity index (χ4v) is 4.85. The van der Waals surface area contributed by atoms with Gasteiger partial charge in [0, 0.05) is 18.5 Å². The second-order valence-electron chi connectivity index (χ2n) is 9.15. The van der Waals surface area contributed by atoms with Gasteiger partial charge >= 0.3 is 0 Å². The molecule has 2 fully saturated rings. The highest BCUT2D eigenvalue weighted by atomic mass is 16.5. The van der Waals surface area contributed by atoms with E-state index in [1.807, 2.05) is 26.0 Å². The summed E-state index contributed by atoms with van der Waals surface area (Å²) < 4.78 is 16.6. The van der Waals surface area contributed by atoms with Crippen molar-refractivity contribution in [2.75, 3.05) is 53.1 Å². The Bertz CT molecular complexity index is 1120. The van der Waals surface area contributed by atoms with Crippen LogP contribution in [0.3, 0.4) is 0 Å². The number of amides is 1. The third kappa shape index (κ3) is 5.39. The summed E-state index contributed by atoms with van der Waals surface area (Å²) in [5.41, 5.74) is 2.02. The quantitative estimate of drug-likeness (QED) is 0.317. The molecule has 1 N–H and O–H groups in total. The van der Waals surface area contributed by atoms with Crippen LogP contribution >= 0.6 is 0 Å². The molecule has 2 aliphatic rings. The van der Waals surface area contributed by atoms with Gasteiger partial charge in [0.05, 0.1) is 39.5 Å². The summed E-state index contributed by atoms with van der Waals surface area (Å²) >= 11 is 0. The van der Waals surface area contributed by atoms with Gasteiger partial charge < -0.3 is 29.1 Å². The van der Waals surface area contributed by atoms with Gasteiger partial charge in [-0.25, -0.2) is 0 Å². The number of morpholine rings is 1. The predicted octanol–water partition coefficient (Wildman–Crippen LogP) is 0.932. The number of hydrogen-bond donors (Lipinski definition) is 1. The van der Waals surface area contributed by atoms with E-state index in [4.69, 9.17) is 14.2 Å². The number of quaternary nitrogens is 1. The van der Waals surface area contributed by atoms with E-state index in [1.165, 1.54) is 12.0 Å². The summed E-state index contributed by atoms with van der Waals surface area (Å²) in [5.74, 6) is -0.751. The summed E-state index contributed by atoms with van der Waals surface area (Å²) in [6.07, 6.45) is 0.713. The Balaban J connectivity index is 1.71. The zero-order valence-corrected chi connectivity index (χ0v) is 21.2. The number of benzene rings is 2. The highest BCUT2D eigenvalue weighted by Crippen LogP contribution is 2.41. The highest BCUT2D eigenvalue weighted by molar-refractivity contribution is 6.46. The number of Topliss-reactive ketones (excluding diaryl/α,β-unsaturated/α-hetero) is 1. The van der Waals surface area contributed by atoms with Gasteiger partial charge in [-0.05, 0) is 37.1 Å². The van der Waals surface area contributed by atoms with Crippen molar-refractivity contribution < 1.29 is 33.8 Å². The summed E-state index contributed by atoms with van der Waals surface area (Å²) in [4.78, 5) is 29.4. The molecule has 1 atom stereocenters. The molecular weight excluding hydrogens is 460 g/mol. The normalized spacial score (nSPS) is 20.1. The molecule has 2 aliphatic heterocycles. The summed E-state index contributed by atoms with van der Waals surface area (Å²) in [5, 5.41) is 13.6. The second kappa shape index (κ2) is 11.6. The van der Waals surface area contributed by atoms with E-state index in [9.17, 15) is 14.7 Å². The minimum atomic E-state index is -0.789. The number of methoxy groups -OCH3 is 1. The number of rotatable bonds is 9. The van der Waals surface area contributed by atoms with Crippen molar-refractivity contribution in [2.45, 2.75) is 26.3 Å². The van der Waals surface area contributed by atoms with Gasteiger partial charge in [-0.1, -0.05) is 41.7 Å². The van der Waals surface area contributed by atoms with Gasteiger partial charge in [-0.15, -0.1) is 0 Å². The maximum Gasteiger partial charge on any atom is 0.295 e. The molecular formula is C28H34N2O6. The van der Waals surface area contributed by atoms with Crippen molar-refractivity contribution in [2.24, 2.45) is 0 Å². The molecule has 0 aromatic heterocycles. The Morgan fingerprint density at radius 1 is 1.11 bits per heavy atom. The number of hydrogen-bond acceptors (Lipinski definition) is 6. The fraction of sp³-hybridized carbons (Fsp3) is 0.429. The number of ketones is 1. The lowest BCUT2D eigenvalue weighted by Gasteiger charge is -2.29. The van der Waals surface area contributed by atoms with Gasteiger partial charge in [0.2, 0.25) is 5.78 Å². The smallest absolute Gasteiger partial charge is 0.295 e. The Kier molecular flexibility index (Phi) is 8.28. The van der Waals surface area contributed by atoms with E-state index in [0.29, 0.717) is 42.2 Å². The van der Waals surface area contributed by atoms with Crippen LogP contribution in [0, 0.1) is 6.92 Å². The van der Waals surface area contributed by atoms with Crippen molar-refractivity contribution in [3.63, 3.8) is 0 Å². The number of likely N-dealkylation sites (tertiary alicyclic amines) is 1. The molecule has 0 bridgehead atoms. The molecule has 0 spiro atoms. The molecule has 2 aromatic carbocycles. The van der Waals surface area contributed by atoms with Crippen LogP contribution in [0.2, 0.25) is 0 Å². The standard InChI is InChI=1S/C28H34N2O6/c1-4-36-22-11-10-21(18-23(22)34-3)25-24(26(31)20-8-6-19(2)7-9-20)27(32)28(33)30(25)13-5-12-29-14-16-35-17-15-29/h6-11,18,25,31H,4-5,12-17H2,1-3H3. The first-order valence-electron chi connectivity index (χ1n) is 12.5. The number of ether oxygens (including phenoxy) is 3. The van der Waals surface area contributed by atoms with Crippen molar-refractivity contribution in [3.8, 4) is 11.5 Å². The Hall–Kier alpha value is -3.36. The minimum absolute atomic E-state index is 0.0196. The van der Waals surface area contributed by atoms with E-state index in [0.717, 1.165) is 38.4 Å². The van der Waals surface area contributed by atoms with Crippen LogP contribution in [0.25, 0.3) is 5.76 Å². The van der Waals surface area contributed by atoms with E-state index in [2.05, 4.69) is 0 Å². The average Bonchev–Trinajstić information content (AvgIpc) is 3.15. The largest absolute Gasteiger partial charge is 0.872 e. The van der Waals surface area contributed by atoms with Crippen LogP contribution in [0.5, 0.6) is 11.5 Å². The number of aryl methyl sites for hydroxylation is 1. The van der Waals surface area contributed by atoms with E-state index in [-0.39, 0.29) is 5.57 Å². The van der Waals surface area contributed by atoms with Gasteiger partial charge in [0.25, 0.3) is 5.91 Å². The lowest BCUT2D eigenvalue weighted by molar-refractivity contribution is -0.908. The van der Waals surface area contributed by atoms with Crippen LogP contribution in [-0.2, 0) is 14.3 Å². The topological polar surface area (TPSA) is 92.6 Å².